The van der Waals surface area contributed by atoms with Crippen LogP contribution in [-0.4, -0.2) is 10.1 Å². The Morgan fingerprint density at radius 3 is 2.29 bits per heavy atom. The molecule has 0 spiro atoms. The Bertz CT molecular complexity index is 868. The van der Waals surface area contributed by atoms with Crippen LogP contribution < -0.4 is 4.74 Å². The van der Waals surface area contributed by atoms with Crippen LogP contribution in [0.3, 0.4) is 0 Å². The lowest BCUT2D eigenvalue weighted by Gasteiger charge is -2.13. The van der Waals surface area contributed by atoms with Crippen LogP contribution in [0.1, 0.15) is 18.4 Å². The first-order chi connectivity index (χ1) is 13.7. The molecule has 144 valence electrons. The molecule has 3 aromatic carbocycles. The maximum Gasteiger partial charge on any atom is 0.258 e. The summed E-state index contributed by atoms with van der Waals surface area (Å²) in [5.74, 6) is 1.59. The first-order valence-electron chi connectivity index (χ1n) is 9.29. The summed E-state index contributed by atoms with van der Waals surface area (Å²) in [4.78, 5) is 0.536. The van der Waals surface area contributed by atoms with E-state index in [0.717, 1.165) is 23.5 Å². The fraction of sp³-hybridized carbons (Fsp3) is 0.167. The van der Waals surface area contributed by atoms with Crippen LogP contribution in [0.4, 0.5) is 4.39 Å². The second-order valence-electron chi connectivity index (χ2n) is 6.34. The third-order valence-corrected chi connectivity index (χ3v) is 5.60. The third kappa shape index (κ3) is 6.25. The van der Waals surface area contributed by atoms with Gasteiger partial charge in [0.2, 0.25) is 0 Å². The van der Waals surface area contributed by atoms with Crippen molar-refractivity contribution >= 4 is 11.2 Å². The fourth-order valence-corrected chi connectivity index (χ4v) is 3.81. The van der Waals surface area contributed by atoms with Crippen LogP contribution >= 0.6 is 0 Å². The number of para-hydroxylation sites is 1. The maximum absolute atomic E-state index is 14.1. The molecule has 3 aromatic rings. The molecule has 2 nitrogen and oxygen atoms in total. The molecule has 0 saturated carbocycles. The lowest BCUT2D eigenvalue weighted by Crippen LogP contribution is -2.16. The molecule has 0 bridgehead atoms. The van der Waals surface area contributed by atoms with Gasteiger partial charge in [0.1, 0.15) is 11.5 Å². The SMILES string of the molecule is [O-][S+](c1ccccc1)C(F)CCC=CCc1cccc(Oc2ccccc2)c1. The Morgan fingerprint density at radius 1 is 0.857 bits per heavy atom. The number of alkyl halides is 1. The molecule has 2 unspecified atom stereocenters. The van der Waals surface area contributed by atoms with E-state index in [2.05, 4.69) is 0 Å². The maximum atomic E-state index is 14.1. The van der Waals surface area contributed by atoms with Crippen LogP contribution in [0.5, 0.6) is 11.5 Å². The number of allylic oxidation sites excluding steroid dienone is 2. The number of hydrogen-bond acceptors (Lipinski definition) is 2. The van der Waals surface area contributed by atoms with Gasteiger partial charge in [0.15, 0.2) is 4.90 Å². The van der Waals surface area contributed by atoms with Crippen molar-refractivity contribution in [2.45, 2.75) is 29.7 Å². The third-order valence-electron chi connectivity index (χ3n) is 4.17. The Labute approximate surface area is 168 Å². The lowest BCUT2D eigenvalue weighted by molar-refractivity contribution is 0.401. The molecule has 2 atom stereocenters. The molecular weight excluding hydrogens is 371 g/mol. The van der Waals surface area contributed by atoms with Gasteiger partial charge in [-0.3, -0.25) is 0 Å². The van der Waals surface area contributed by atoms with E-state index in [-0.39, 0.29) is 6.42 Å². The van der Waals surface area contributed by atoms with E-state index >= 15 is 0 Å². The van der Waals surface area contributed by atoms with Crippen LogP contribution in [0.25, 0.3) is 0 Å². The molecule has 0 heterocycles. The quantitative estimate of drug-likeness (QED) is 0.308. The van der Waals surface area contributed by atoms with Gasteiger partial charge < -0.3 is 9.29 Å². The number of rotatable bonds is 9. The van der Waals surface area contributed by atoms with E-state index in [1.165, 1.54) is 0 Å². The van der Waals surface area contributed by atoms with Crippen molar-refractivity contribution in [3.05, 3.63) is 103 Å². The molecule has 0 N–H and O–H groups in total. The second kappa shape index (κ2) is 10.7. The molecule has 0 radical (unpaired) electrons. The minimum atomic E-state index is -1.61. The summed E-state index contributed by atoms with van der Waals surface area (Å²) in [5.41, 5.74) is -0.232. The largest absolute Gasteiger partial charge is 0.609 e. The summed E-state index contributed by atoms with van der Waals surface area (Å²) in [6, 6.07) is 26.3. The van der Waals surface area contributed by atoms with Crippen LogP contribution in [0.15, 0.2) is 102 Å². The predicted octanol–water partition coefficient (Wildman–Crippen LogP) is 6.46. The number of halogens is 1. The van der Waals surface area contributed by atoms with E-state index in [1.807, 2.05) is 72.8 Å². The highest BCUT2D eigenvalue weighted by molar-refractivity contribution is 7.91. The zero-order valence-electron chi connectivity index (χ0n) is 15.5. The predicted molar refractivity (Wildman–Crippen MR) is 113 cm³/mol. The summed E-state index contributed by atoms with van der Waals surface area (Å²) in [6.45, 7) is 0. The number of benzene rings is 3. The molecule has 0 aliphatic heterocycles. The summed E-state index contributed by atoms with van der Waals surface area (Å²) in [5, 5.41) is 0. The van der Waals surface area contributed by atoms with E-state index in [4.69, 9.17) is 4.74 Å². The first kappa shape index (κ1) is 20.2. The second-order valence-corrected chi connectivity index (χ2v) is 7.91. The van der Waals surface area contributed by atoms with Gasteiger partial charge in [-0.15, -0.1) is 0 Å². The highest BCUT2D eigenvalue weighted by Gasteiger charge is 2.22. The highest BCUT2D eigenvalue weighted by atomic mass is 32.2. The lowest BCUT2D eigenvalue weighted by atomic mass is 10.1. The van der Waals surface area contributed by atoms with Gasteiger partial charge in [-0.25, -0.2) is 0 Å². The van der Waals surface area contributed by atoms with Crippen molar-refractivity contribution in [1.82, 2.24) is 0 Å². The molecule has 0 aliphatic rings. The van der Waals surface area contributed by atoms with Crippen molar-refractivity contribution < 1.29 is 13.7 Å². The van der Waals surface area contributed by atoms with E-state index in [0.29, 0.717) is 11.3 Å². The minimum Gasteiger partial charge on any atom is -0.609 e. The summed E-state index contributed by atoms with van der Waals surface area (Å²) < 4.78 is 32.1. The van der Waals surface area contributed by atoms with Gasteiger partial charge in [-0.1, -0.05) is 60.7 Å². The van der Waals surface area contributed by atoms with Crippen molar-refractivity contribution in [3.63, 3.8) is 0 Å². The van der Waals surface area contributed by atoms with Crippen molar-refractivity contribution in [3.8, 4) is 11.5 Å². The van der Waals surface area contributed by atoms with Crippen LogP contribution in [0, 0.1) is 0 Å². The Kier molecular flexibility index (Phi) is 7.71. The minimum absolute atomic E-state index is 0.245. The summed E-state index contributed by atoms with van der Waals surface area (Å²) in [7, 11) is 0. The van der Waals surface area contributed by atoms with Gasteiger partial charge in [-0.05, 0) is 54.8 Å². The normalized spacial score (nSPS) is 13.4. The van der Waals surface area contributed by atoms with Gasteiger partial charge in [-0.2, -0.15) is 4.39 Å². The molecule has 0 aromatic heterocycles. The zero-order valence-corrected chi connectivity index (χ0v) is 16.4. The van der Waals surface area contributed by atoms with Crippen LogP contribution in [-0.2, 0) is 17.6 Å². The average Bonchev–Trinajstić information content (AvgIpc) is 2.74. The molecular formula is C24H23FO2S. The van der Waals surface area contributed by atoms with Gasteiger partial charge in [0.25, 0.3) is 5.50 Å². The molecule has 0 amide bonds. The van der Waals surface area contributed by atoms with E-state index in [9.17, 15) is 8.94 Å². The standard InChI is InChI=1S/C24H23FO2S/c25-24(28(26)23-16-7-3-8-17-23)18-9-1-4-11-20-12-10-15-22(19-20)27-21-13-5-2-6-14-21/h1-8,10,12-17,19,24H,9,11,18H2. The van der Waals surface area contributed by atoms with Crippen molar-refractivity contribution in [1.29, 1.82) is 0 Å². The molecule has 0 saturated heterocycles. The van der Waals surface area contributed by atoms with E-state index < -0.39 is 16.7 Å². The molecule has 0 fully saturated rings. The smallest absolute Gasteiger partial charge is 0.258 e. The van der Waals surface area contributed by atoms with Crippen LogP contribution in [0.2, 0.25) is 0 Å². The van der Waals surface area contributed by atoms with Crippen molar-refractivity contribution in [2.75, 3.05) is 0 Å². The topological polar surface area (TPSA) is 32.3 Å². The Morgan fingerprint density at radius 2 is 1.54 bits per heavy atom. The van der Waals surface area contributed by atoms with Gasteiger partial charge >= 0.3 is 0 Å². The summed E-state index contributed by atoms with van der Waals surface area (Å²) >= 11 is -1.61. The van der Waals surface area contributed by atoms with E-state index in [1.54, 1.807) is 24.3 Å². The summed E-state index contributed by atoms with van der Waals surface area (Å²) in [6.07, 6.45) is 5.50. The first-order valence-corrected chi connectivity index (χ1v) is 10.5. The van der Waals surface area contributed by atoms with Gasteiger partial charge in [0, 0.05) is 17.6 Å². The Balaban J connectivity index is 1.45. The zero-order chi connectivity index (χ0) is 19.6. The van der Waals surface area contributed by atoms with Crippen molar-refractivity contribution in [2.24, 2.45) is 0 Å². The molecule has 28 heavy (non-hydrogen) atoms. The molecule has 0 aliphatic carbocycles. The monoisotopic (exact) mass is 394 g/mol. The number of hydrogen-bond donors (Lipinski definition) is 0. The molecule has 3 rings (SSSR count). The highest BCUT2D eigenvalue weighted by Crippen LogP contribution is 2.23. The van der Waals surface area contributed by atoms with Gasteiger partial charge in [0.05, 0.1) is 0 Å². The fourth-order valence-electron chi connectivity index (χ4n) is 2.73. The number of ether oxygens (including phenoxy) is 1. The Hall–Kier alpha value is -2.56. The average molecular weight is 395 g/mol. The molecule has 4 heteroatoms.